The first-order chi connectivity index (χ1) is 9.97. The van der Waals surface area contributed by atoms with Crippen LogP contribution in [0.4, 0.5) is 4.39 Å². The minimum atomic E-state index is -0.418. The van der Waals surface area contributed by atoms with E-state index >= 15 is 0 Å². The number of hydrogen-bond acceptors (Lipinski definition) is 3. The predicted molar refractivity (Wildman–Crippen MR) is 83.0 cm³/mol. The number of carbonyl (C=O) groups is 1. The number of benzene rings is 1. The summed E-state index contributed by atoms with van der Waals surface area (Å²) in [5.74, 6) is -0.335. The van der Waals surface area contributed by atoms with Crippen LogP contribution in [0.25, 0.3) is 10.4 Å². The minimum absolute atomic E-state index is 0.0611. The van der Waals surface area contributed by atoms with Crippen molar-refractivity contribution in [2.75, 3.05) is 13.6 Å². The molecule has 1 aromatic carbocycles. The van der Waals surface area contributed by atoms with Gasteiger partial charge in [-0.05, 0) is 43.2 Å². The Morgan fingerprint density at radius 2 is 1.95 bits per heavy atom. The molecule has 0 spiro atoms. The molecule has 2 rings (SSSR count). The van der Waals surface area contributed by atoms with E-state index in [0.29, 0.717) is 17.8 Å². The van der Waals surface area contributed by atoms with Crippen LogP contribution in [-0.4, -0.2) is 35.6 Å². The van der Waals surface area contributed by atoms with Gasteiger partial charge in [-0.3, -0.25) is 4.79 Å². The van der Waals surface area contributed by atoms with Gasteiger partial charge in [-0.2, -0.15) is 0 Å². The normalized spacial score (nSPS) is 12.2. The van der Waals surface area contributed by atoms with E-state index in [0.717, 1.165) is 10.4 Å². The van der Waals surface area contributed by atoms with Gasteiger partial charge in [0, 0.05) is 18.5 Å². The highest BCUT2D eigenvalue weighted by Crippen LogP contribution is 2.28. The summed E-state index contributed by atoms with van der Waals surface area (Å²) in [4.78, 5) is 15.4. The number of nitrogens with zero attached hydrogens (tertiary/aromatic N) is 1. The molecule has 0 bridgehead atoms. The van der Waals surface area contributed by atoms with Crippen LogP contribution >= 0.6 is 11.3 Å². The van der Waals surface area contributed by atoms with Crippen molar-refractivity contribution in [1.29, 1.82) is 0 Å². The third-order valence-electron chi connectivity index (χ3n) is 3.17. The van der Waals surface area contributed by atoms with Crippen molar-refractivity contribution in [3.8, 4) is 10.4 Å². The van der Waals surface area contributed by atoms with Crippen molar-refractivity contribution in [3.63, 3.8) is 0 Å². The highest BCUT2D eigenvalue weighted by atomic mass is 32.1. The van der Waals surface area contributed by atoms with Crippen LogP contribution in [0, 0.1) is 5.82 Å². The zero-order chi connectivity index (χ0) is 15.4. The molecule has 1 aromatic heterocycles. The fourth-order valence-electron chi connectivity index (χ4n) is 1.89. The number of hydrogen-bond donors (Lipinski definition) is 1. The van der Waals surface area contributed by atoms with E-state index in [1.807, 2.05) is 6.07 Å². The maximum absolute atomic E-state index is 12.9. The number of carbonyl (C=O) groups excluding carboxylic acids is 1. The molecule has 3 nitrogen and oxygen atoms in total. The molecule has 0 radical (unpaired) electrons. The van der Waals surface area contributed by atoms with Crippen molar-refractivity contribution in [2.45, 2.75) is 19.4 Å². The van der Waals surface area contributed by atoms with E-state index < -0.39 is 6.10 Å². The molecule has 2 aromatic rings. The Morgan fingerprint density at radius 1 is 1.29 bits per heavy atom. The molecule has 5 heteroatoms. The molecule has 21 heavy (non-hydrogen) atoms. The van der Waals surface area contributed by atoms with Gasteiger partial charge >= 0.3 is 0 Å². The van der Waals surface area contributed by atoms with E-state index in [1.54, 1.807) is 37.1 Å². The quantitative estimate of drug-likeness (QED) is 0.920. The largest absolute Gasteiger partial charge is 0.393 e. The van der Waals surface area contributed by atoms with Crippen molar-refractivity contribution in [3.05, 3.63) is 47.1 Å². The topological polar surface area (TPSA) is 40.5 Å². The molecule has 0 saturated carbocycles. The van der Waals surface area contributed by atoms with Crippen LogP contribution in [-0.2, 0) is 0 Å². The summed E-state index contributed by atoms with van der Waals surface area (Å²) < 4.78 is 12.9. The zero-order valence-corrected chi connectivity index (χ0v) is 12.9. The standard InChI is InChI=1S/C16H18FNO2S/c1-11(19)9-10-18(2)16(20)15-8-7-14(21-15)12-3-5-13(17)6-4-12/h3-8,11,19H,9-10H2,1-2H3. The van der Waals surface area contributed by atoms with Gasteiger partial charge in [0.1, 0.15) is 5.82 Å². The average Bonchev–Trinajstić information content (AvgIpc) is 2.94. The molecule has 1 heterocycles. The molecule has 112 valence electrons. The second-order valence-electron chi connectivity index (χ2n) is 5.04. The summed E-state index contributed by atoms with van der Waals surface area (Å²) >= 11 is 1.39. The number of thiophene rings is 1. The van der Waals surface area contributed by atoms with E-state index in [1.165, 1.54) is 23.5 Å². The average molecular weight is 307 g/mol. The molecule has 0 saturated heterocycles. The molecular formula is C16H18FNO2S. The highest BCUT2D eigenvalue weighted by molar-refractivity contribution is 7.17. The molecule has 1 unspecified atom stereocenters. The van der Waals surface area contributed by atoms with Gasteiger partial charge in [-0.1, -0.05) is 12.1 Å². The smallest absolute Gasteiger partial charge is 0.263 e. The van der Waals surface area contributed by atoms with Gasteiger partial charge in [0.25, 0.3) is 5.91 Å². The lowest BCUT2D eigenvalue weighted by molar-refractivity contribution is 0.0773. The second-order valence-corrected chi connectivity index (χ2v) is 6.12. The van der Waals surface area contributed by atoms with Crippen LogP contribution < -0.4 is 0 Å². The SMILES string of the molecule is CC(O)CCN(C)C(=O)c1ccc(-c2ccc(F)cc2)s1. The number of aliphatic hydroxyl groups excluding tert-OH is 1. The Balaban J connectivity index is 2.08. The molecule has 1 N–H and O–H groups in total. The molecule has 0 aliphatic rings. The number of amides is 1. The molecule has 1 amide bonds. The summed E-state index contributed by atoms with van der Waals surface area (Å²) in [6, 6.07) is 9.87. The molecule has 0 fully saturated rings. The lowest BCUT2D eigenvalue weighted by Gasteiger charge is -2.16. The summed E-state index contributed by atoms with van der Waals surface area (Å²) in [5.41, 5.74) is 0.895. The Kier molecular flexibility index (Phi) is 5.09. The van der Waals surface area contributed by atoms with E-state index in [9.17, 15) is 14.3 Å². The Bertz CT molecular complexity index is 607. The maximum Gasteiger partial charge on any atom is 0.263 e. The summed E-state index contributed by atoms with van der Waals surface area (Å²) in [5, 5.41) is 9.26. The second kappa shape index (κ2) is 6.83. The van der Waals surface area contributed by atoms with Gasteiger partial charge < -0.3 is 10.0 Å². The van der Waals surface area contributed by atoms with Crippen LogP contribution in [0.3, 0.4) is 0 Å². The van der Waals surface area contributed by atoms with Crippen LogP contribution in [0.15, 0.2) is 36.4 Å². The Hall–Kier alpha value is -1.72. The Morgan fingerprint density at radius 3 is 2.57 bits per heavy atom. The fourth-order valence-corrected chi connectivity index (χ4v) is 2.90. The molecule has 0 aliphatic heterocycles. The van der Waals surface area contributed by atoms with E-state index in [-0.39, 0.29) is 11.7 Å². The predicted octanol–water partition coefficient (Wildman–Crippen LogP) is 3.40. The molecular weight excluding hydrogens is 289 g/mol. The monoisotopic (exact) mass is 307 g/mol. The van der Waals surface area contributed by atoms with Crippen molar-refractivity contribution in [2.24, 2.45) is 0 Å². The van der Waals surface area contributed by atoms with Gasteiger partial charge in [0.05, 0.1) is 11.0 Å². The van der Waals surface area contributed by atoms with Gasteiger partial charge in [-0.25, -0.2) is 4.39 Å². The van der Waals surface area contributed by atoms with Gasteiger partial charge in [0.2, 0.25) is 0 Å². The van der Waals surface area contributed by atoms with Gasteiger partial charge in [0.15, 0.2) is 0 Å². The van der Waals surface area contributed by atoms with Crippen LogP contribution in [0.1, 0.15) is 23.0 Å². The summed E-state index contributed by atoms with van der Waals surface area (Å²) in [7, 11) is 1.72. The van der Waals surface area contributed by atoms with Crippen molar-refractivity contribution >= 4 is 17.2 Å². The first-order valence-corrected chi connectivity index (χ1v) is 7.58. The third-order valence-corrected chi connectivity index (χ3v) is 4.30. The first-order valence-electron chi connectivity index (χ1n) is 6.76. The number of halogens is 1. The summed E-state index contributed by atoms with van der Waals surface area (Å²) in [6.45, 7) is 2.22. The van der Waals surface area contributed by atoms with E-state index in [4.69, 9.17) is 0 Å². The summed E-state index contributed by atoms with van der Waals surface area (Å²) in [6.07, 6.45) is 0.136. The zero-order valence-electron chi connectivity index (χ0n) is 12.0. The maximum atomic E-state index is 12.9. The third kappa shape index (κ3) is 4.12. The van der Waals surface area contributed by atoms with Crippen LogP contribution in [0.2, 0.25) is 0 Å². The highest BCUT2D eigenvalue weighted by Gasteiger charge is 2.15. The number of aliphatic hydroxyl groups is 1. The lowest BCUT2D eigenvalue weighted by atomic mass is 10.2. The van der Waals surface area contributed by atoms with Crippen molar-refractivity contribution < 1.29 is 14.3 Å². The first kappa shape index (κ1) is 15.7. The lowest BCUT2D eigenvalue weighted by Crippen LogP contribution is -2.28. The Labute approximate surface area is 127 Å². The van der Waals surface area contributed by atoms with Gasteiger partial charge in [-0.15, -0.1) is 11.3 Å². The van der Waals surface area contributed by atoms with Crippen LogP contribution in [0.5, 0.6) is 0 Å². The number of rotatable bonds is 5. The van der Waals surface area contributed by atoms with Crippen molar-refractivity contribution in [1.82, 2.24) is 4.90 Å². The molecule has 1 atom stereocenters. The van der Waals surface area contributed by atoms with E-state index in [2.05, 4.69) is 0 Å². The molecule has 0 aliphatic carbocycles. The fraction of sp³-hybridized carbons (Fsp3) is 0.312. The minimum Gasteiger partial charge on any atom is -0.393 e.